The Balaban J connectivity index is 1.55. The summed E-state index contributed by atoms with van der Waals surface area (Å²) in [5.74, 6) is 0.209. The lowest BCUT2D eigenvalue weighted by Crippen LogP contribution is -2.22. The van der Waals surface area contributed by atoms with E-state index in [2.05, 4.69) is 10.6 Å². The van der Waals surface area contributed by atoms with Crippen LogP contribution in [0.5, 0.6) is 5.75 Å². The van der Waals surface area contributed by atoms with Crippen molar-refractivity contribution in [3.63, 3.8) is 0 Å². The predicted molar refractivity (Wildman–Crippen MR) is 122 cm³/mol. The smallest absolute Gasteiger partial charge is 0.243 e. The number of furan rings is 1. The number of anilines is 2. The fourth-order valence-corrected chi connectivity index (χ4v) is 4.06. The molecule has 0 aliphatic carbocycles. The molecule has 4 aromatic rings. The zero-order valence-electron chi connectivity index (χ0n) is 17.4. The number of para-hydroxylation sites is 1. The van der Waals surface area contributed by atoms with Crippen molar-refractivity contribution in [3.8, 4) is 5.75 Å². The zero-order valence-corrected chi connectivity index (χ0v) is 18.2. The number of fused-ring (bicyclic) bond motifs is 3. The van der Waals surface area contributed by atoms with Gasteiger partial charge in [0.1, 0.15) is 16.9 Å². The Hall–Kier alpha value is -3.52. The third-order valence-electron chi connectivity index (χ3n) is 5.05. The minimum atomic E-state index is -3.34. The summed E-state index contributed by atoms with van der Waals surface area (Å²) in [7, 11) is -1.80. The Bertz CT molecular complexity index is 1410. The van der Waals surface area contributed by atoms with Crippen LogP contribution in [-0.2, 0) is 14.6 Å². The number of aryl methyl sites for hydroxylation is 1. The molecular weight excluding hydrogens is 416 g/mol. The van der Waals surface area contributed by atoms with E-state index in [0.29, 0.717) is 22.7 Å². The van der Waals surface area contributed by atoms with Crippen molar-refractivity contribution in [1.82, 2.24) is 0 Å². The number of hydrogen-bond acceptors (Lipinski definition) is 6. The Morgan fingerprint density at radius 1 is 1.00 bits per heavy atom. The van der Waals surface area contributed by atoms with E-state index >= 15 is 0 Å². The highest BCUT2D eigenvalue weighted by Gasteiger charge is 2.15. The van der Waals surface area contributed by atoms with E-state index in [0.717, 1.165) is 28.2 Å². The first-order chi connectivity index (χ1) is 14.8. The molecule has 1 heterocycles. The summed E-state index contributed by atoms with van der Waals surface area (Å²) >= 11 is 0. The fraction of sp³-hybridized carbons (Fsp3) is 0.174. The van der Waals surface area contributed by atoms with Gasteiger partial charge in [-0.3, -0.25) is 4.79 Å². The summed E-state index contributed by atoms with van der Waals surface area (Å²) in [6.07, 6.45) is 1.15. The van der Waals surface area contributed by atoms with Gasteiger partial charge in [0.25, 0.3) is 0 Å². The van der Waals surface area contributed by atoms with E-state index in [1.165, 1.54) is 13.2 Å². The number of sulfone groups is 1. The quantitative estimate of drug-likeness (QED) is 0.464. The lowest BCUT2D eigenvalue weighted by Gasteiger charge is -2.13. The highest BCUT2D eigenvalue weighted by Crippen LogP contribution is 2.36. The van der Waals surface area contributed by atoms with E-state index in [4.69, 9.17) is 9.15 Å². The first-order valence-corrected chi connectivity index (χ1v) is 11.5. The zero-order chi connectivity index (χ0) is 22.2. The minimum absolute atomic E-state index is 0.0463. The molecule has 1 amide bonds. The summed E-state index contributed by atoms with van der Waals surface area (Å²) in [4.78, 5) is 12.8. The van der Waals surface area contributed by atoms with Crippen molar-refractivity contribution in [2.45, 2.75) is 11.8 Å². The highest BCUT2D eigenvalue weighted by molar-refractivity contribution is 7.90. The van der Waals surface area contributed by atoms with E-state index in [1.54, 1.807) is 18.2 Å². The summed E-state index contributed by atoms with van der Waals surface area (Å²) < 4.78 is 34.9. The number of ether oxygens (including phenoxy) is 1. The highest BCUT2D eigenvalue weighted by atomic mass is 32.2. The maximum absolute atomic E-state index is 12.6. The average Bonchev–Trinajstić information content (AvgIpc) is 3.09. The molecule has 0 bridgehead atoms. The van der Waals surface area contributed by atoms with Crippen molar-refractivity contribution in [1.29, 1.82) is 0 Å². The maximum atomic E-state index is 12.6. The van der Waals surface area contributed by atoms with Crippen molar-refractivity contribution in [2.75, 3.05) is 30.5 Å². The van der Waals surface area contributed by atoms with Crippen LogP contribution in [0.2, 0.25) is 0 Å². The molecule has 0 saturated heterocycles. The topological polar surface area (TPSA) is 97.6 Å². The van der Waals surface area contributed by atoms with Gasteiger partial charge in [-0.15, -0.1) is 0 Å². The first-order valence-electron chi connectivity index (χ1n) is 9.60. The monoisotopic (exact) mass is 438 g/mol. The van der Waals surface area contributed by atoms with Gasteiger partial charge in [-0.2, -0.15) is 0 Å². The molecule has 0 fully saturated rings. The van der Waals surface area contributed by atoms with Gasteiger partial charge < -0.3 is 19.8 Å². The SMILES string of the molecule is COc1cc2c(cc1NC(=O)CNc1cc(S(C)(=O)=O)ccc1C)oc1ccccc12. The molecule has 7 nitrogen and oxygen atoms in total. The fourth-order valence-electron chi connectivity index (χ4n) is 3.41. The van der Waals surface area contributed by atoms with Gasteiger partial charge in [-0.25, -0.2) is 8.42 Å². The molecule has 0 aliphatic rings. The third-order valence-corrected chi connectivity index (χ3v) is 6.16. The van der Waals surface area contributed by atoms with Crippen LogP contribution in [0.25, 0.3) is 21.9 Å². The van der Waals surface area contributed by atoms with Crippen molar-refractivity contribution in [2.24, 2.45) is 0 Å². The van der Waals surface area contributed by atoms with E-state index in [9.17, 15) is 13.2 Å². The van der Waals surface area contributed by atoms with Gasteiger partial charge in [0.15, 0.2) is 9.84 Å². The summed E-state index contributed by atoms with van der Waals surface area (Å²) in [5.41, 5.74) is 3.30. The second-order valence-corrected chi connectivity index (χ2v) is 9.31. The van der Waals surface area contributed by atoms with Gasteiger partial charge in [-0.05, 0) is 36.8 Å². The number of carbonyl (C=O) groups is 1. The Kier molecular flexibility index (Phi) is 5.32. The molecule has 1 aromatic heterocycles. The summed E-state index contributed by atoms with van der Waals surface area (Å²) in [5, 5.41) is 7.70. The van der Waals surface area contributed by atoms with Crippen molar-refractivity contribution < 1.29 is 22.4 Å². The number of nitrogens with one attached hydrogen (secondary N) is 2. The number of rotatable bonds is 6. The Morgan fingerprint density at radius 2 is 1.77 bits per heavy atom. The molecule has 3 aromatic carbocycles. The van der Waals surface area contributed by atoms with Crippen LogP contribution in [0.3, 0.4) is 0 Å². The first kappa shape index (κ1) is 20.7. The van der Waals surface area contributed by atoms with Crippen LogP contribution in [0, 0.1) is 6.92 Å². The molecule has 2 N–H and O–H groups in total. The van der Waals surface area contributed by atoms with Gasteiger partial charge in [0.2, 0.25) is 5.91 Å². The number of methoxy groups -OCH3 is 1. The second kappa shape index (κ2) is 7.96. The van der Waals surface area contributed by atoms with Gasteiger partial charge in [-0.1, -0.05) is 24.3 Å². The molecule has 0 radical (unpaired) electrons. The third kappa shape index (κ3) is 4.20. The van der Waals surface area contributed by atoms with Gasteiger partial charge in [0, 0.05) is 28.8 Å². The number of benzene rings is 3. The lowest BCUT2D eigenvalue weighted by atomic mass is 10.1. The molecule has 4 rings (SSSR count). The molecule has 0 unspecified atom stereocenters. The molecule has 0 spiro atoms. The summed E-state index contributed by atoms with van der Waals surface area (Å²) in [6.45, 7) is 1.79. The molecule has 160 valence electrons. The summed E-state index contributed by atoms with van der Waals surface area (Å²) in [6, 6.07) is 16.0. The Morgan fingerprint density at radius 3 is 2.52 bits per heavy atom. The van der Waals surface area contributed by atoms with Crippen LogP contribution < -0.4 is 15.4 Å². The van der Waals surface area contributed by atoms with Crippen LogP contribution in [0.15, 0.2) is 63.9 Å². The number of carbonyl (C=O) groups excluding carboxylic acids is 1. The van der Waals surface area contributed by atoms with Crippen LogP contribution >= 0.6 is 0 Å². The number of amides is 1. The molecule has 31 heavy (non-hydrogen) atoms. The minimum Gasteiger partial charge on any atom is -0.495 e. The van der Waals surface area contributed by atoms with E-state index in [1.807, 2.05) is 37.3 Å². The van der Waals surface area contributed by atoms with Gasteiger partial charge >= 0.3 is 0 Å². The van der Waals surface area contributed by atoms with Crippen LogP contribution in [-0.4, -0.2) is 34.2 Å². The predicted octanol–water partition coefficient (Wildman–Crippen LogP) is 4.36. The molecule has 8 heteroatoms. The maximum Gasteiger partial charge on any atom is 0.243 e. The van der Waals surface area contributed by atoms with E-state index < -0.39 is 9.84 Å². The van der Waals surface area contributed by atoms with Crippen molar-refractivity contribution in [3.05, 3.63) is 60.2 Å². The molecule has 0 atom stereocenters. The Labute approximate surface area is 179 Å². The molecular formula is C23H22N2O5S. The normalized spacial score (nSPS) is 11.6. The standard InChI is InChI=1S/C23H22N2O5S/c1-14-8-9-15(31(3,27)28)10-18(14)24-13-23(26)25-19-12-21-17(11-22(19)29-2)16-6-4-5-7-20(16)30-21/h4-12,24H,13H2,1-3H3,(H,25,26). The second-order valence-electron chi connectivity index (χ2n) is 7.30. The van der Waals surface area contributed by atoms with Gasteiger partial charge in [0.05, 0.1) is 24.2 Å². The van der Waals surface area contributed by atoms with Crippen LogP contribution in [0.4, 0.5) is 11.4 Å². The average molecular weight is 439 g/mol. The lowest BCUT2D eigenvalue weighted by molar-refractivity contribution is -0.114. The van der Waals surface area contributed by atoms with E-state index in [-0.39, 0.29) is 17.3 Å². The number of hydrogen-bond donors (Lipinski definition) is 2. The molecule has 0 saturated carbocycles. The van der Waals surface area contributed by atoms with Crippen LogP contribution in [0.1, 0.15) is 5.56 Å². The molecule has 0 aliphatic heterocycles. The largest absolute Gasteiger partial charge is 0.495 e. The van der Waals surface area contributed by atoms with Crippen molar-refractivity contribution >= 4 is 49.1 Å².